The lowest BCUT2D eigenvalue weighted by Gasteiger charge is -2.26. The lowest BCUT2D eigenvalue weighted by molar-refractivity contribution is 0.162. The molecule has 0 N–H and O–H groups in total. The third-order valence-electron chi connectivity index (χ3n) is 3.53. The number of imidazole rings is 1. The van der Waals surface area contributed by atoms with E-state index in [0.29, 0.717) is 23.9 Å². The van der Waals surface area contributed by atoms with Gasteiger partial charge in [-0.15, -0.1) is 11.6 Å². The molecule has 1 fully saturated rings. The van der Waals surface area contributed by atoms with Crippen molar-refractivity contribution in [3.63, 3.8) is 0 Å². The second-order valence-electron chi connectivity index (χ2n) is 4.85. The fourth-order valence-corrected chi connectivity index (χ4v) is 2.73. The van der Waals surface area contributed by atoms with Crippen LogP contribution in [0.4, 0.5) is 0 Å². The Morgan fingerprint density at radius 1 is 1.53 bits per heavy atom. The highest BCUT2D eigenvalue weighted by molar-refractivity contribution is 6.16. The average molecular weight is 283 g/mol. The van der Waals surface area contributed by atoms with Gasteiger partial charge in [0, 0.05) is 6.61 Å². The van der Waals surface area contributed by atoms with Gasteiger partial charge in [-0.25, -0.2) is 9.97 Å². The molecule has 1 saturated heterocycles. The van der Waals surface area contributed by atoms with Crippen molar-refractivity contribution in [3.05, 3.63) is 12.2 Å². The summed E-state index contributed by atoms with van der Waals surface area (Å²) in [4.78, 5) is 12.9. The summed E-state index contributed by atoms with van der Waals surface area (Å²) in [6, 6.07) is 0. The highest BCUT2D eigenvalue weighted by atomic mass is 35.5. The van der Waals surface area contributed by atoms with Gasteiger partial charge in [-0.1, -0.05) is 0 Å². The van der Waals surface area contributed by atoms with Crippen molar-refractivity contribution in [1.82, 2.24) is 19.5 Å². The number of alkyl halides is 1. The van der Waals surface area contributed by atoms with Gasteiger partial charge in [0.05, 0.1) is 25.1 Å². The number of rotatable bonds is 3. The fraction of sp³-hybridized carbons (Fsp3) is 0.583. The minimum Gasteiger partial charge on any atom is -0.479 e. The van der Waals surface area contributed by atoms with Crippen molar-refractivity contribution < 1.29 is 9.47 Å². The number of hydrogen-bond donors (Lipinski definition) is 0. The van der Waals surface area contributed by atoms with Gasteiger partial charge in [-0.2, -0.15) is 4.98 Å². The van der Waals surface area contributed by atoms with Crippen LogP contribution >= 0.6 is 11.6 Å². The topological polar surface area (TPSA) is 62.1 Å². The number of halogens is 1. The highest BCUT2D eigenvalue weighted by Crippen LogP contribution is 2.33. The Kier molecular flexibility index (Phi) is 3.06. The summed E-state index contributed by atoms with van der Waals surface area (Å²) in [7, 11) is 1.57. The second-order valence-corrected chi connectivity index (χ2v) is 5.12. The van der Waals surface area contributed by atoms with Crippen molar-refractivity contribution >= 4 is 22.8 Å². The fourth-order valence-electron chi connectivity index (χ4n) is 2.56. The van der Waals surface area contributed by atoms with Crippen molar-refractivity contribution in [2.75, 3.05) is 20.3 Å². The van der Waals surface area contributed by atoms with E-state index in [9.17, 15) is 0 Å². The van der Waals surface area contributed by atoms with Gasteiger partial charge in [0.25, 0.3) is 0 Å². The van der Waals surface area contributed by atoms with Gasteiger partial charge >= 0.3 is 0 Å². The van der Waals surface area contributed by atoms with Crippen molar-refractivity contribution in [1.29, 1.82) is 0 Å². The second kappa shape index (κ2) is 4.61. The Labute approximate surface area is 115 Å². The molecule has 0 spiro atoms. The number of nitrogens with zero attached hydrogens (tertiary/aromatic N) is 4. The molecule has 1 aliphatic heterocycles. The van der Waals surface area contributed by atoms with Crippen LogP contribution in [0.2, 0.25) is 0 Å². The number of aromatic nitrogens is 4. The highest BCUT2D eigenvalue weighted by Gasteiger charge is 2.36. The first-order valence-electron chi connectivity index (χ1n) is 6.10. The Hall–Kier alpha value is -1.40. The van der Waals surface area contributed by atoms with E-state index in [1.807, 2.05) is 0 Å². The van der Waals surface area contributed by atoms with E-state index in [-0.39, 0.29) is 5.54 Å². The molecule has 19 heavy (non-hydrogen) atoms. The monoisotopic (exact) mass is 282 g/mol. The van der Waals surface area contributed by atoms with Gasteiger partial charge in [0.2, 0.25) is 5.88 Å². The molecule has 3 rings (SSSR count). The maximum atomic E-state index is 6.03. The van der Waals surface area contributed by atoms with Crippen LogP contribution in [0, 0.1) is 0 Å². The van der Waals surface area contributed by atoms with Gasteiger partial charge in [0.1, 0.15) is 12.2 Å². The Balaban J connectivity index is 2.27. The maximum absolute atomic E-state index is 6.03. The van der Waals surface area contributed by atoms with Crippen molar-refractivity contribution in [2.24, 2.45) is 0 Å². The summed E-state index contributed by atoms with van der Waals surface area (Å²) < 4.78 is 12.8. The molecule has 0 aliphatic carbocycles. The van der Waals surface area contributed by atoms with E-state index in [2.05, 4.69) is 26.4 Å². The largest absolute Gasteiger partial charge is 0.479 e. The van der Waals surface area contributed by atoms with Crippen LogP contribution in [0.5, 0.6) is 5.88 Å². The molecule has 0 radical (unpaired) electrons. The minimum absolute atomic E-state index is 0.168. The van der Waals surface area contributed by atoms with Crippen LogP contribution < -0.4 is 4.74 Å². The Morgan fingerprint density at radius 2 is 2.37 bits per heavy atom. The quantitative estimate of drug-likeness (QED) is 0.802. The Morgan fingerprint density at radius 3 is 3.00 bits per heavy atom. The molecule has 0 amide bonds. The van der Waals surface area contributed by atoms with Crippen LogP contribution in [-0.4, -0.2) is 39.8 Å². The SMILES string of the molecule is COc1ncnc2c1nc(CCl)n2C1(C)CCOC1. The molecule has 0 saturated carbocycles. The average Bonchev–Trinajstić information content (AvgIpc) is 3.02. The molecule has 1 unspecified atom stereocenters. The van der Waals surface area contributed by atoms with Crippen LogP contribution in [0.1, 0.15) is 19.2 Å². The minimum atomic E-state index is -0.168. The zero-order chi connectivity index (χ0) is 13.5. The predicted octanol–water partition coefficient (Wildman–Crippen LogP) is 1.71. The van der Waals surface area contributed by atoms with Gasteiger partial charge in [-0.3, -0.25) is 0 Å². The zero-order valence-corrected chi connectivity index (χ0v) is 11.6. The molecular formula is C12H15ClN4O2. The molecule has 6 nitrogen and oxygen atoms in total. The van der Waals surface area contributed by atoms with Crippen molar-refractivity contribution in [2.45, 2.75) is 24.8 Å². The lowest BCUT2D eigenvalue weighted by atomic mass is 10.0. The molecule has 1 atom stereocenters. The van der Waals surface area contributed by atoms with E-state index >= 15 is 0 Å². The van der Waals surface area contributed by atoms with E-state index in [1.54, 1.807) is 7.11 Å². The number of hydrogen-bond acceptors (Lipinski definition) is 5. The van der Waals surface area contributed by atoms with E-state index in [0.717, 1.165) is 24.5 Å². The molecule has 0 aromatic carbocycles. The molecular weight excluding hydrogens is 268 g/mol. The molecule has 7 heteroatoms. The Bertz CT molecular complexity index is 607. The van der Waals surface area contributed by atoms with Crippen molar-refractivity contribution in [3.8, 4) is 5.88 Å². The predicted molar refractivity (Wildman–Crippen MR) is 70.5 cm³/mol. The number of ether oxygens (including phenoxy) is 2. The van der Waals surface area contributed by atoms with Crippen LogP contribution in [0.25, 0.3) is 11.2 Å². The van der Waals surface area contributed by atoms with Gasteiger partial charge in [-0.05, 0) is 13.3 Å². The van der Waals surface area contributed by atoms with E-state index in [1.165, 1.54) is 6.33 Å². The summed E-state index contributed by atoms with van der Waals surface area (Å²) >= 11 is 6.03. The summed E-state index contributed by atoms with van der Waals surface area (Å²) in [6.45, 7) is 3.50. The third kappa shape index (κ3) is 1.86. The van der Waals surface area contributed by atoms with Gasteiger partial charge in [0.15, 0.2) is 11.2 Å². The molecule has 102 valence electrons. The molecule has 1 aliphatic rings. The normalized spacial score (nSPS) is 23.1. The van der Waals surface area contributed by atoms with E-state index in [4.69, 9.17) is 21.1 Å². The molecule has 3 heterocycles. The smallest absolute Gasteiger partial charge is 0.245 e. The summed E-state index contributed by atoms with van der Waals surface area (Å²) in [6.07, 6.45) is 2.39. The van der Waals surface area contributed by atoms with Crippen LogP contribution in [-0.2, 0) is 16.2 Å². The first-order valence-corrected chi connectivity index (χ1v) is 6.63. The van der Waals surface area contributed by atoms with E-state index < -0.39 is 0 Å². The molecule has 2 aromatic heterocycles. The summed E-state index contributed by atoms with van der Waals surface area (Å²) in [5.74, 6) is 1.55. The standard InChI is InChI=1S/C12H15ClN4O2/c1-12(3-4-19-6-12)17-8(5-13)16-9-10(17)14-7-15-11(9)18-2/h7H,3-6H2,1-2H3. The summed E-state index contributed by atoms with van der Waals surface area (Å²) in [5, 5.41) is 0. The van der Waals surface area contributed by atoms with Crippen LogP contribution in [0.3, 0.4) is 0 Å². The first-order chi connectivity index (χ1) is 9.19. The zero-order valence-electron chi connectivity index (χ0n) is 10.9. The number of fused-ring (bicyclic) bond motifs is 1. The first kappa shape index (κ1) is 12.6. The van der Waals surface area contributed by atoms with Gasteiger partial charge < -0.3 is 14.0 Å². The summed E-state index contributed by atoms with van der Waals surface area (Å²) in [5.41, 5.74) is 1.22. The molecule has 2 aromatic rings. The molecule has 0 bridgehead atoms. The third-order valence-corrected chi connectivity index (χ3v) is 3.77. The number of methoxy groups -OCH3 is 1. The maximum Gasteiger partial charge on any atom is 0.245 e. The lowest BCUT2D eigenvalue weighted by Crippen LogP contribution is -2.32. The van der Waals surface area contributed by atoms with Crippen LogP contribution in [0.15, 0.2) is 6.33 Å².